The second-order valence-corrected chi connectivity index (χ2v) is 4.71. The zero-order chi connectivity index (χ0) is 7.57. The summed E-state index contributed by atoms with van der Waals surface area (Å²) < 4.78 is 0. The molecule has 2 fully saturated rings. The van der Waals surface area contributed by atoms with Crippen molar-refractivity contribution in [3.05, 3.63) is 6.42 Å². The summed E-state index contributed by atoms with van der Waals surface area (Å²) >= 11 is 0. The summed E-state index contributed by atoms with van der Waals surface area (Å²) in [7, 11) is 0. The van der Waals surface area contributed by atoms with Crippen LogP contribution in [0, 0.1) is 23.7 Å². The smallest absolute Gasteiger partial charge is 0 e. The van der Waals surface area contributed by atoms with Crippen molar-refractivity contribution in [3.8, 4) is 0 Å². The molecule has 0 aromatic heterocycles. The van der Waals surface area contributed by atoms with E-state index < -0.39 is 0 Å². The van der Waals surface area contributed by atoms with Gasteiger partial charge in [-0.1, -0.05) is 26.7 Å². The van der Waals surface area contributed by atoms with Gasteiger partial charge < -0.3 is 12.2 Å². The Kier molecular flexibility index (Phi) is 2.33. The van der Waals surface area contributed by atoms with E-state index in [-0.39, 0.29) is 38.2 Å². The zero-order valence-corrected chi connectivity index (χ0v) is 10.4. The number of fused-ring (bicyclic) bond motifs is 1. The van der Waals surface area contributed by atoms with Gasteiger partial charge in [0.2, 0.25) is 0 Å². The molecule has 1 nitrogen and oxygen atoms in total. The molecule has 0 bridgehead atoms. The van der Waals surface area contributed by atoms with Crippen LogP contribution in [0.15, 0.2) is 0 Å². The molecule has 0 aromatic rings. The van der Waals surface area contributed by atoms with E-state index in [2.05, 4.69) is 27.2 Å². The van der Waals surface area contributed by atoms with Gasteiger partial charge in [-0.05, 0) is 11.3 Å². The summed E-state index contributed by atoms with van der Waals surface area (Å²) in [5, 5.41) is 0. The molecule has 0 heterocycles. The van der Waals surface area contributed by atoms with E-state index in [1.165, 1.54) is 6.42 Å². The fourth-order valence-electron chi connectivity index (χ4n) is 2.93. The molecule has 0 saturated heterocycles. The Labute approximate surface area is 94.4 Å². The van der Waals surface area contributed by atoms with Crippen LogP contribution in [-0.2, 0) is 32.7 Å². The fourth-order valence-corrected chi connectivity index (χ4v) is 2.93. The summed E-state index contributed by atoms with van der Waals surface area (Å²) in [6.07, 6.45) is 3.53. The first-order chi connectivity index (χ1) is 4.46. The van der Waals surface area contributed by atoms with Crippen molar-refractivity contribution in [3.63, 3.8) is 0 Å². The van der Waals surface area contributed by atoms with Crippen LogP contribution < -0.4 is 5.73 Å². The molecular formula is C9H16NY-. The van der Waals surface area contributed by atoms with Gasteiger partial charge in [0.1, 0.15) is 0 Å². The predicted molar refractivity (Wildman–Crippen MR) is 42.3 cm³/mol. The molecule has 0 unspecified atom stereocenters. The minimum atomic E-state index is 0. The summed E-state index contributed by atoms with van der Waals surface area (Å²) in [6, 6.07) is 0. The van der Waals surface area contributed by atoms with Gasteiger partial charge in [0.25, 0.3) is 0 Å². The number of nitrogens with two attached hydrogens (primary N) is 1. The third-order valence-corrected chi connectivity index (χ3v) is 3.53. The van der Waals surface area contributed by atoms with E-state index in [4.69, 9.17) is 5.73 Å². The Morgan fingerprint density at radius 2 is 1.91 bits per heavy atom. The van der Waals surface area contributed by atoms with Crippen LogP contribution in [0.4, 0.5) is 0 Å². The third-order valence-electron chi connectivity index (χ3n) is 3.53. The van der Waals surface area contributed by atoms with Gasteiger partial charge >= 0.3 is 0 Å². The topological polar surface area (TPSA) is 26.0 Å². The second-order valence-electron chi connectivity index (χ2n) is 4.71. The van der Waals surface area contributed by atoms with Gasteiger partial charge in [0.15, 0.2) is 0 Å². The first-order valence-electron chi connectivity index (χ1n) is 4.09. The van der Waals surface area contributed by atoms with Crippen LogP contribution in [0.5, 0.6) is 0 Å². The van der Waals surface area contributed by atoms with Gasteiger partial charge in [-0.15, -0.1) is 5.54 Å². The molecular weight excluding hydrogens is 211 g/mol. The van der Waals surface area contributed by atoms with Crippen molar-refractivity contribution >= 4 is 0 Å². The molecule has 2 saturated carbocycles. The first kappa shape index (κ1) is 10.1. The summed E-state index contributed by atoms with van der Waals surface area (Å²) in [5.41, 5.74) is 6.66. The van der Waals surface area contributed by atoms with E-state index in [1.54, 1.807) is 0 Å². The monoisotopic (exact) mass is 227 g/mol. The molecule has 0 spiro atoms. The van der Waals surface area contributed by atoms with E-state index in [0.717, 1.165) is 11.8 Å². The third kappa shape index (κ3) is 1.24. The number of hydrogen-bond acceptors (Lipinski definition) is 1. The molecule has 2 aliphatic rings. The Morgan fingerprint density at radius 3 is 2.09 bits per heavy atom. The Balaban J connectivity index is 0.000000605. The molecule has 11 heavy (non-hydrogen) atoms. The first-order valence-corrected chi connectivity index (χ1v) is 4.09. The normalized spacial score (nSPS) is 51.3. The van der Waals surface area contributed by atoms with E-state index in [1.807, 2.05) is 0 Å². The van der Waals surface area contributed by atoms with Crippen LogP contribution in [0.25, 0.3) is 0 Å². The maximum Gasteiger partial charge on any atom is 0 e. The van der Waals surface area contributed by atoms with Gasteiger partial charge in [-0.25, -0.2) is 0 Å². The molecule has 2 N–H and O–H groups in total. The van der Waals surface area contributed by atoms with Crippen molar-refractivity contribution < 1.29 is 32.7 Å². The fraction of sp³-hybridized carbons (Fsp3) is 0.889. The molecule has 0 aromatic carbocycles. The summed E-state index contributed by atoms with van der Waals surface area (Å²) in [5.74, 6) is 1.66. The Hall–Kier alpha value is 1.06. The molecule has 61 valence electrons. The average Bonchev–Trinajstić information content (AvgIpc) is 2.07. The number of rotatable bonds is 0. The Bertz CT molecular complexity index is 174. The van der Waals surface area contributed by atoms with Crippen molar-refractivity contribution in [1.29, 1.82) is 0 Å². The quantitative estimate of drug-likeness (QED) is 0.625. The van der Waals surface area contributed by atoms with Gasteiger partial charge in [-0.2, -0.15) is 6.42 Å². The number of hydrogen-bond donors (Lipinski definition) is 1. The van der Waals surface area contributed by atoms with E-state index >= 15 is 0 Å². The molecule has 0 amide bonds. The molecule has 2 heteroatoms. The Morgan fingerprint density at radius 1 is 1.36 bits per heavy atom. The maximum absolute atomic E-state index is 6.08. The standard InChI is InChI=1S/C9H16N.Y/c1-8(2)6-4-5-9(3,10)7(6)8;/h5-7H,4,10H2,1-3H3;/q-1;/t6-,7+,9+;/m1./s1. The predicted octanol–water partition coefficient (Wildman–Crippen LogP) is 1.58. The van der Waals surface area contributed by atoms with Crippen LogP contribution in [0.1, 0.15) is 27.2 Å². The van der Waals surface area contributed by atoms with Gasteiger partial charge in [0, 0.05) is 32.7 Å². The van der Waals surface area contributed by atoms with Gasteiger partial charge in [-0.3, -0.25) is 0 Å². The van der Waals surface area contributed by atoms with Crippen LogP contribution in [-0.4, -0.2) is 5.54 Å². The molecule has 2 aliphatic carbocycles. The molecule has 3 atom stereocenters. The molecule has 1 radical (unpaired) electrons. The van der Waals surface area contributed by atoms with Crippen molar-refractivity contribution in [2.45, 2.75) is 32.7 Å². The maximum atomic E-state index is 6.08. The van der Waals surface area contributed by atoms with Crippen LogP contribution >= 0.6 is 0 Å². The SMILES string of the molecule is CC1(C)[C@@H]2C[CH-][C@](C)(N)[C@@H]21.[Y]. The van der Waals surface area contributed by atoms with E-state index in [0.29, 0.717) is 5.41 Å². The minimum Gasteiger partial charge on any atom is -0.354 e. The largest absolute Gasteiger partial charge is 0.354 e. The summed E-state index contributed by atoms with van der Waals surface area (Å²) in [4.78, 5) is 0. The van der Waals surface area contributed by atoms with Crippen molar-refractivity contribution in [1.82, 2.24) is 0 Å². The molecule has 2 rings (SSSR count). The molecule has 0 aliphatic heterocycles. The van der Waals surface area contributed by atoms with Crippen LogP contribution in [0.3, 0.4) is 0 Å². The summed E-state index contributed by atoms with van der Waals surface area (Å²) in [6.45, 7) is 6.83. The van der Waals surface area contributed by atoms with Crippen molar-refractivity contribution in [2.75, 3.05) is 0 Å². The minimum absolute atomic E-state index is 0. The zero-order valence-electron chi connectivity index (χ0n) is 7.59. The average molecular weight is 227 g/mol. The van der Waals surface area contributed by atoms with Gasteiger partial charge in [0.05, 0.1) is 0 Å². The van der Waals surface area contributed by atoms with E-state index in [9.17, 15) is 0 Å². The second kappa shape index (κ2) is 2.53. The van der Waals surface area contributed by atoms with Crippen molar-refractivity contribution in [2.24, 2.45) is 23.0 Å². The van der Waals surface area contributed by atoms with Crippen LogP contribution in [0.2, 0.25) is 0 Å².